The number of para-hydroxylation sites is 2. The molecule has 3 saturated carbocycles. The summed E-state index contributed by atoms with van der Waals surface area (Å²) in [4.78, 5) is 34.7. The van der Waals surface area contributed by atoms with Crippen molar-refractivity contribution in [1.82, 2.24) is 9.97 Å². The summed E-state index contributed by atoms with van der Waals surface area (Å²) in [5.74, 6) is -0.949. The van der Waals surface area contributed by atoms with Crippen LogP contribution in [0.2, 0.25) is 0 Å². The minimum absolute atomic E-state index is 0.0180. The first-order chi connectivity index (χ1) is 17.5. The van der Waals surface area contributed by atoms with Gasteiger partial charge in [-0.2, -0.15) is 0 Å². The number of hydrogen-bond acceptors (Lipinski definition) is 7. The van der Waals surface area contributed by atoms with Crippen molar-refractivity contribution in [3.63, 3.8) is 0 Å². The molecule has 4 aliphatic carbocycles. The van der Waals surface area contributed by atoms with Gasteiger partial charge in [0, 0.05) is 23.2 Å². The van der Waals surface area contributed by atoms with Gasteiger partial charge in [-0.15, -0.1) is 0 Å². The molecule has 0 saturated heterocycles. The van der Waals surface area contributed by atoms with Crippen LogP contribution in [-0.4, -0.2) is 54.9 Å². The van der Waals surface area contributed by atoms with E-state index in [-0.39, 0.29) is 42.5 Å². The number of thioether (sulfide) groups is 1. The first kappa shape index (κ1) is 25.1. The standard InChI is InChI=1S/C29H33FN2O4S/c1-26-11-9-18(33)13-17(26)7-8-20-19-10-12-28(36,27(19,2)14-23(34)29(20,26)30)24(35)16-37-25-15-31-21-5-3-4-6-22(21)32-25/h3-6,13,15,19-20,23,34,36H,7-12,14,16H2,1-2H3/t19?,20?,23-,26?,27?,28-,29-/m0/s1. The molecule has 0 bridgehead atoms. The number of alkyl halides is 1. The Labute approximate surface area is 220 Å². The fraction of sp³-hybridized carbons (Fsp3) is 0.586. The van der Waals surface area contributed by atoms with E-state index in [1.165, 1.54) is 11.8 Å². The molecular formula is C29H33FN2O4S. The highest BCUT2D eigenvalue weighted by molar-refractivity contribution is 7.99. The lowest BCUT2D eigenvalue weighted by molar-refractivity contribution is -0.225. The van der Waals surface area contributed by atoms with Crippen LogP contribution in [0.1, 0.15) is 58.8 Å². The normalized spacial score (nSPS) is 41.1. The highest BCUT2D eigenvalue weighted by atomic mass is 32.2. The zero-order valence-corrected chi connectivity index (χ0v) is 22.1. The summed E-state index contributed by atoms with van der Waals surface area (Å²) in [6.07, 6.45) is 4.51. The van der Waals surface area contributed by atoms with Crippen LogP contribution in [0.15, 0.2) is 47.1 Å². The molecule has 0 aliphatic heterocycles. The van der Waals surface area contributed by atoms with Gasteiger partial charge in [0.05, 0.1) is 29.1 Å². The molecule has 6 nitrogen and oxygen atoms in total. The summed E-state index contributed by atoms with van der Waals surface area (Å²) < 4.78 is 17.2. The molecule has 196 valence electrons. The molecule has 0 amide bonds. The number of rotatable bonds is 4. The van der Waals surface area contributed by atoms with Crippen molar-refractivity contribution in [2.75, 3.05) is 5.75 Å². The van der Waals surface area contributed by atoms with E-state index < -0.39 is 34.1 Å². The largest absolute Gasteiger partial charge is 0.390 e. The number of ketones is 2. The molecule has 2 aromatic rings. The van der Waals surface area contributed by atoms with Crippen LogP contribution < -0.4 is 0 Å². The molecule has 2 N–H and O–H groups in total. The average molecular weight is 525 g/mol. The molecule has 6 rings (SSSR count). The van der Waals surface area contributed by atoms with E-state index in [0.717, 1.165) is 16.6 Å². The molecule has 1 heterocycles. The van der Waals surface area contributed by atoms with Gasteiger partial charge in [-0.05, 0) is 62.7 Å². The van der Waals surface area contributed by atoms with Gasteiger partial charge in [-0.25, -0.2) is 9.37 Å². The maximum atomic E-state index is 17.2. The summed E-state index contributed by atoms with van der Waals surface area (Å²) >= 11 is 1.24. The predicted molar refractivity (Wildman–Crippen MR) is 139 cm³/mol. The van der Waals surface area contributed by atoms with Gasteiger partial charge in [0.25, 0.3) is 0 Å². The lowest BCUT2D eigenvalue weighted by atomic mass is 9.44. The Balaban J connectivity index is 1.26. The number of allylic oxidation sites excluding steroid dienone is 1. The van der Waals surface area contributed by atoms with Crippen molar-refractivity contribution in [3.05, 3.63) is 42.1 Å². The highest BCUT2D eigenvalue weighted by Crippen LogP contribution is 2.70. The Morgan fingerprint density at radius 1 is 1.14 bits per heavy atom. The van der Waals surface area contributed by atoms with E-state index in [2.05, 4.69) is 9.97 Å². The molecule has 4 aliphatic rings. The zero-order valence-electron chi connectivity index (χ0n) is 21.2. The van der Waals surface area contributed by atoms with Crippen LogP contribution in [0, 0.1) is 22.7 Å². The van der Waals surface area contributed by atoms with E-state index in [1.54, 1.807) is 12.3 Å². The number of aliphatic hydroxyl groups is 2. The number of nitrogens with zero attached hydrogens (tertiary/aromatic N) is 2. The number of carbonyl (C=O) groups is 2. The Morgan fingerprint density at radius 2 is 1.89 bits per heavy atom. The number of benzene rings is 1. The van der Waals surface area contributed by atoms with Crippen LogP contribution in [0.25, 0.3) is 11.0 Å². The van der Waals surface area contributed by atoms with Crippen molar-refractivity contribution in [3.8, 4) is 0 Å². The average Bonchev–Trinajstić information content (AvgIpc) is 3.15. The quantitative estimate of drug-likeness (QED) is 0.563. The lowest BCUT2D eigenvalue weighted by Gasteiger charge is -2.63. The molecule has 37 heavy (non-hydrogen) atoms. The van der Waals surface area contributed by atoms with Crippen LogP contribution in [0.4, 0.5) is 4.39 Å². The summed E-state index contributed by atoms with van der Waals surface area (Å²) in [5, 5.41) is 23.9. The van der Waals surface area contributed by atoms with Crippen molar-refractivity contribution in [2.45, 2.75) is 81.2 Å². The summed E-state index contributed by atoms with van der Waals surface area (Å²) in [5.41, 5.74) is -3.04. The minimum atomic E-state index is -1.88. The number of Topliss-reactive ketones (excluding diaryl/α,β-unsaturated/α-hetero) is 1. The van der Waals surface area contributed by atoms with Gasteiger partial charge in [0.2, 0.25) is 0 Å². The number of halogens is 1. The minimum Gasteiger partial charge on any atom is -0.390 e. The summed E-state index contributed by atoms with van der Waals surface area (Å²) in [6.45, 7) is 3.72. The number of carbonyl (C=O) groups excluding carboxylic acids is 2. The van der Waals surface area contributed by atoms with Gasteiger partial charge >= 0.3 is 0 Å². The van der Waals surface area contributed by atoms with Gasteiger partial charge in [0.15, 0.2) is 11.6 Å². The van der Waals surface area contributed by atoms with Gasteiger partial charge in [-0.1, -0.05) is 43.3 Å². The van der Waals surface area contributed by atoms with Gasteiger partial charge < -0.3 is 10.2 Å². The third-order valence-electron chi connectivity index (χ3n) is 10.4. The fourth-order valence-electron chi connectivity index (χ4n) is 8.30. The Hall–Kier alpha value is -2.16. The third-order valence-corrected chi connectivity index (χ3v) is 11.3. The van der Waals surface area contributed by atoms with Crippen molar-refractivity contribution in [2.24, 2.45) is 22.7 Å². The van der Waals surface area contributed by atoms with E-state index in [0.29, 0.717) is 30.7 Å². The van der Waals surface area contributed by atoms with Crippen molar-refractivity contribution >= 4 is 34.4 Å². The molecule has 1 aromatic heterocycles. The SMILES string of the molecule is CC12C[C@H](O)[C@@]3(F)C(CCC4=CC(=O)CCC43C)C1CC[C@]2(O)C(=O)CSc1cnc2ccccc2n1. The second-order valence-electron chi connectivity index (χ2n) is 11.9. The molecule has 4 unspecified atom stereocenters. The third kappa shape index (κ3) is 3.37. The van der Waals surface area contributed by atoms with E-state index in [4.69, 9.17) is 0 Å². The Kier molecular flexibility index (Phi) is 5.72. The molecule has 7 atom stereocenters. The lowest BCUT2D eigenvalue weighted by Crippen LogP contribution is -2.69. The first-order valence-electron chi connectivity index (χ1n) is 13.2. The topological polar surface area (TPSA) is 100 Å². The number of aliphatic hydroxyl groups excluding tert-OH is 1. The van der Waals surface area contributed by atoms with Crippen LogP contribution in [0.3, 0.4) is 0 Å². The maximum absolute atomic E-state index is 17.2. The van der Waals surface area contributed by atoms with E-state index in [9.17, 15) is 19.8 Å². The fourth-order valence-corrected chi connectivity index (χ4v) is 9.11. The molecule has 8 heteroatoms. The highest BCUT2D eigenvalue weighted by Gasteiger charge is 2.74. The van der Waals surface area contributed by atoms with E-state index in [1.807, 2.05) is 38.1 Å². The van der Waals surface area contributed by atoms with E-state index >= 15 is 4.39 Å². The summed E-state index contributed by atoms with van der Waals surface area (Å²) in [7, 11) is 0. The van der Waals surface area contributed by atoms with Crippen molar-refractivity contribution < 1.29 is 24.2 Å². The summed E-state index contributed by atoms with van der Waals surface area (Å²) in [6, 6.07) is 7.51. The maximum Gasteiger partial charge on any atom is 0.175 e. The smallest absolute Gasteiger partial charge is 0.175 e. The van der Waals surface area contributed by atoms with Crippen LogP contribution in [0.5, 0.6) is 0 Å². The predicted octanol–water partition coefficient (Wildman–Crippen LogP) is 4.62. The number of aromatic nitrogens is 2. The van der Waals surface area contributed by atoms with Crippen LogP contribution >= 0.6 is 11.8 Å². The second kappa shape index (κ2) is 8.42. The zero-order chi connectivity index (χ0) is 26.2. The number of hydrogen-bond donors (Lipinski definition) is 2. The second-order valence-corrected chi connectivity index (χ2v) is 12.9. The molecule has 0 radical (unpaired) electrons. The van der Waals surface area contributed by atoms with Crippen LogP contribution in [-0.2, 0) is 9.59 Å². The Morgan fingerprint density at radius 3 is 2.68 bits per heavy atom. The first-order valence-corrected chi connectivity index (χ1v) is 14.2. The monoisotopic (exact) mass is 524 g/mol. The number of fused-ring (bicyclic) bond motifs is 6. The molecule has 3 fully saturated rings. The van der Waals surface area contributed by atoms with Gasteiger partial charge in [-0.3, -0.25) is 14.6 Å². The molecular weight excluding hydrogens is 491 g/mol. The Bertz CT molecular complexity index is 1330. The van der Waals surface area contributed by atoms with Crippen molar-refractivity contribution in [1.29, 1.82) is 0 Å². The van der Waals surface area contributed by atoms with Gasteiger partial charge in [0.1, 0.15) is 16.3 Å². The molecule has 1 aromatic carbocycles. The molecule has 0 spiro atoms.